The van der Waals surface area contributed by atoms with Gasteiger partial charge in [-0.1, -0.05) is 30.3 Å². The van der Waals surface area contributed by atoms with E-state index in [0.717, 1.165) is 6.42 Å². The van der Waals surface area contributed by atoms with Crippen LogP contribution in [0.3, 0.4) is 0 Å². The van der Waals surface area contributed by atoms with Gasteiger partial charge in [0.15, 0.2) is 0 Å². The fraction of sp³-hybridized carbons (Fsp3) is 0.417. The summed E-state index contributed by atoms with van der Waals surface area (Å²) in [6, 6.07) is 10.1. The van der Waals surface area contributed by atoms with E-state index in [0.29, 0.717) is 13.0 Å². The molecule has 1 rings (SSSR count). The first kappa shape index (κ1) is 13.8. The Bertz CT molecular complexity index is 255. The number of hydrogen-bond donors (Lipinski definition) is 1. The molecule has 3 nitrogen and oxygen atoms in total. The van der Waals surface area contributed by atoms with Crippen LogP contribution in [0.5, 0.6) is 0 Å². The number of hydrogen-bond acceptors (Lipinski definition) is 3. The largest absolute Gasteiger partial charge is 0.300 e. The molecule has 0 aliphatic carbocycles. The molecule has 0 fully saturated rings. The maximum atomic E-state index is 10.6. The average Bonchev–Trinajstić information content (AvgIpc) is 2.28. The summed E-state index contributed by atoms with van der Waals surface area (Å²) in [6.45, 7) is 3.71. The van der Waals surface area contributed by atoms with E-state index in [1.165, 1.54) is 5.56 Å². The van der Waals surface area contributed by atoms with Crippen molar-refractivity contribution in [1.82, 2.24) is 0 Å². The van der Waals surface area contributed by atoms with E-state index in [1.807, 2.05) is 30.3 Å². The smallest absolute Gasteiger partial charge is 0.130 e. The molecular weight excluding hydrogens is 192 g/mol. The summed E-state index contributed by atoms with van der Waals surface area (Å²) in [5, 5.41) is 7.38. The predicted molar refractivity (Wildman–Crippen MR) is 59.7 cm³/mol. The second-order valence-corrected chi connectivity index (χ2v) is 3.11. The van der Waals surface area contributed by atoms with E-state index in [4.69, 9.17) is 5.26 Å². The van der Waals surface area contributed by atoms with E-state index in [1.54, 1.807) is 13.8 Å². The van der Waals surface area contributed by atoms with Gasteiger partial charge in [-0.25, -0.2) is 4.89 Å². The third-order valence-corrected chi connectivity index (χ3v) is 1.74. The molecular formula is C12H18O3. The highest BCUT2D eigenvalue weighted by Crippen LogP contribution is 2.01. The van der Waals surface area contributed by atoms with Gasteiger partial charge < -0.3 is 4.79 Å². The molecule has 1 aromatic carbocycles. The molecule has 0 heterocycles. The van der Waals surface area contributed by atoms with Crippen LogP contribution in [-0.2, 0) is 16.1 Å². The number of carbonyl (C=O) groups excluding carboxylic acids is 1. The molecule has 0 unspecified atom stereocenters. The highest BCUT2D eigenvalue weighted by atomic mass is 17.1. The van der Waals surface area contributed by atoms with Crippen LogP contribution in [0.1, 0.15) is 25.8 Å². The Labute approximate surface area is 90.6 Å². The van der Waals surface area contributed by atoms with Crippen molar-refractivity contribution in [2.45, 2.75) is 26.7 Å². The van der Waals surface area contributed by atoms with Crippen molar-refractivity contribution in [1.29, 1.82) is 0 Å². The molecule has 0 saturated carbocycles. The van der Waals surface area contributed by atoms with Crippen molar-refractivity contribution in [2.75, 3.05) is 6.61 Å². The summed E-state index contributed by atoms with van der Waals surface area (Å²) in [6.07, 6.45) is 1.53. The van der Waals surface area contributed by atoms with Gasteiger partial charge in [-0.05, 0) is 25.8 Å². The molecule has 0 aromatic heterocycles. The lowest BCUT2D eigenvalue weighted by molar-refractivity contribution is -0.237. The molecule has 0 radical (unpaired) electrons. The number of carbonyl (C=O) groups is 1. The Kier molecular flexibility index (Phi) is 8.63. The zero-order valence-corrected chi connectivity index (χ0v) is 9.27. The number of aryl methyl sites for hydroxylation is 1. The third-order valence-electron chi connectivity index (χ3n) is 1.74. The highest BCUT2D eigenvalue weighted by molar-refractivity contribution is 5.75. The molecule has 1 aromatic rings. The second kappa shape index (κ2) is 9.37. The van der Waals surface area contributed by atoms with Crippen LogP contribution in [0.15, 0.2) is 30.3 Å². The molecule has 0 atom stereocenters. The zero-order valence-electron chi connectivity index (χ0n) is 9.27. The average molecular weight is 210 g/mol. The summed E-state index contributed by atoms with van der Waals surface area (Å²) in [5.74, 6) is 0.258. The quantitative estimate of drug-likeness (QED) is 0.614. The van der Waals surface area contributed by atoms with Crippen LogP contribution in [0.2, 0.25) is 0 Å². The maximum absolute atomic E-state index is 10.6. The molecule has 0 saturated heterocycles. The summed E-state index contributed by atoms with van der Waals surface area (Å²) in [7, 11) is 0. The molecule has 3 heteroatoms. The van der Waals surface area contributed by atoms with Crippen molar-refractivity contribution in [3.05, 3.63) is 35.9 Å². The van der Waals surface area contributed by atoms with Gasteiger partial charge in [0.2, 0.25) is 0 Å². The summed E-state index contributed by atoms with van der Waals surface area (Å²) >= 11 is 0. The first-order valence-electron chi connectivity index (χ1n) is 5.00. The normalized spacial score (nSPS) is 9.00. The van der Waals surface area contributed by atoms with Gasteiger partial charge in [-0.3, -0.25) is 5.26 Å². The lowest BCUT2D eigenvalue weighted by atomic mass is 10.1. The van der Waals surface area contributed by atoms with Gasteiger partial charge >= 0.3 is 0 Å². The first-order chi connectivity index (χ1) is 7.20. The van der Waals surface area contributed by atoms with Crippen LogP contribution < -0.4 is 0 Å². The van der Waals surface area contributed by atoms with Crippen LogP contribution in [-0.4, -0.2) is 17.6 Å². The Morgan fingerprint density at radius 3 is 2.27 bits per heavy atom. The van der Waals surface area contributed by atoms with Gasteiger partial charge in [-0.15, -0.1) is 0 Å². The minimum Gasteiger partial charge on any atom is -0.300 e. The van der Waals surface area contributed by atoms with E-state index < -0.39 is 0 Å². The lowest BCUT2D eigenvalue weighted by Gasteiger charge is -1.96. The maximum Gasteiger partial charge on any atom is 0.130 e. The summed E-state index contributed by atoms with van der Waals surface area (Å²) in [4.78, 5) is 14.2. The van der Waals surface area contributed by atoms with Crippen molar-refractivity contribution >= 4 is 5.78 Å². The summed E-state index contributed by atoms with van der Waals surface area (Å²) in [5.41, 5.74) is 1.24. The summed E-state index contributed by atoms with van der Waals surface area (Å²) < 4.78 is 0. The molecule has 0 spiro atoms. The van der Waals surface area contributed by atoms with E-state index in [-0.39, 0.29) is 5.78 Å². The molecule has 0 bridgehead atoms. The number of ketones is 1. The monoisotopic (exact) mass is 210 g/mol. The molecule has 0 aliphatic rings. The van der Waals surface area contributed by atoms with Crippen LogP contribution in [0.25, 0.3) is 0 Å². The van der Waals surface area contributed by atoms with E-state index in [9.17, 15) is 4.79 Å². The van der Waals surface area contributed by atoms with Gasteiger partial charge in [0, 0.05) is 6.42 Å². The van der Waals surface area contributed by atoms with Crippen molar-refractivity contribution in [3.8, 4) is 0 Å². The van der Waals surface area contributed by atoms with Gasteiger partial charge in [0.05, 0.1) is 6.61 Å². The molecule has 1 N–H and O–H groups in total. The van der Waals surface area contributed by atoms with Crippen molar-refractivity contribution < 1.29 is 14.9 Å². The fourth-order valence-electron chi connectivity index (χ4n) is 0.965. The van der Waals surface area contributed by atoms with Crippen molar-refractivity contribution in [3.63, 3.8) is 0 Å². The van der Waals surface area contributed by atoms with Gasteiger partial charge in [0.25, 0.3) is 0 Å². The van der Waals surface area contributed by atoms with Gasteiger partial charge in [0.1, 0.15) is 5.78 Å². The Morgan fingerprint density at radius 1 is 1.33 bits per heavy atom. The number of Topliss-reactive ketones (excluding diaryl/α,β-unsaturated/α-hetero) is 1. The third kappa shape index (κ3) is 9.12. The lowest BCUT2D eigenvalue weighted by Crippen LogP contribution is -1.92. The zero-order chi connectivity index (χ0) is 11.5. The standard InChI is InChI=1S/C10H12O.C2H6O2/c1-9(11)7-8-10-5-3-2-4-6-10;1-2-4-3/h2-6H,7-8H2,1H3;3H,2H2,1H3. The van der Waals surface area contributed by atoms with E-state index in [2.05, 4.69) is 4.89 Å². The van der Waals surface area contributed by atoms with E-state index >= 15 is 0 Å². The Balaban J connectivity index is 0.000000423. The number of rotatable bonds is 4. The second-order valence-electron chi connectivity index (χ2n) is 3.11. The fourth-order valence-corrected chi connectivity index (χ4v) is 0.965. The molecule has 84 valence electrons. The van der Waals surface area contributed by atoms with Crippen LogP contribution in [0, 0.1) is 0 Å². The number of benzene rings is 1. The predicted octanol–water partition coefficient (Wildman–Crippen LogP) is 2.70. The molecule has 0 amide bonds. The topological polar surface area (TPSA) is 46.5 Å². The van der Waals surface area contributed by atoms with Crippen LogP contribution >= 0.6 is 0 Å². The Hall–Kier alpha value is -1.19. The highest BCUT2D eigenvalue weighted by Gasteiger charge is 1.94. The Morgan fingerprint density at radius 2 is 1.87 bits per heavy atom. The van der Waals surface area contributed by atoms with Crippen molar-refractivity contribution in [2.24, 2.45) is 0 Å². The SMILES string of the molecule is CC(=O)CCc1ccccc1.CCOO. The minimum atomic E-state index is 0.258. The first-order valence-corrected chi connectivity index (χ1v) is 5.00. The minimum absolute atomic E-state index is 0.258. The van der Waals surface area contributed by atoms with Gasteiger partial charge in [-0.2, -0.15) is 0 Å². The van der Waals surface area contributed by atoms with Crippen LogP contribution in [0.4, 0.5) is 0 Å². The molecule has 15 heavy (non-hydrogen) atoms. The molecule has 0 aliphatic heterocycles.